The van der Waals surface area contributed by atoms with Crippen LogP contribution in [0.25, 0.3) is 11.0 Å². The Morgan fingerprint density at radius 1 is 1.40 bits per heavy atom. The Morgan fingerprint density at radius 2 is 2.25 bits per heavy atom. The summed E-state index contributed by atoms with van der Waals surface area (Å²) < 4.78 is 0.913. The lowest BCUT2D eigenvalue weighted by molar-refractivity contribution is -0.118. The number of anilines is 1. The van der Waals surface area contributed by atoms with Gasteiger partial charge in [0.2, 0.25) is 0 Å². The molecule has 0 bridgehead atoms. The average molecular weight is 334 g/mol. The number of carbonyl (C=O) groups excluding carboxylic acids is 1. The molecule has 2 aromatic rings. The van der Waals surface area contributed by atoms with E-state index in [0.29, 0.717) is 0 Å². The first-order chi connectivity index (χ1) is 9.66. The van der Waals surface area contributed by atoms with Crippen LogP contribution in [0.1, 0.15) is 26.2 Å². The van der Waals surface area contributed by atoms with Gasteiger partial charge in [-0.2, -0.15) is 0 Å². The summed E-state index contributed by atoms with van der Waals surface area (Å²) in [5.41, 5.74) is 2.73. The molecule has 3 heterocycles. The van der Waals surface area contributed by atoms with E-state index in [2.05, 4.69) is 30.8 Å². The van der Waals surface area contributed by atoms with E-state index in [0.717, 1.165) is 47.0 Å². The summed E-state index contributed by atoms with van der Waals surface area (Å²) in [6.07, 6.45) is 6.72. The van der Waals surface area contributed by atoms with E-state index < -0.39 is 0 Å². The maximum atomic E-state index is 11.9. The number of ketones is 1. The average Bonchev–Trinajstić information content (AvgIpc) is 2.46. The number of aromatic nitrogens is 2. The summed E-state index contributed by atoms with van der Waals surface area (Å²) in [5.74, 6) is 0.228. The molecule has 1 atom stereocenters. The number of nitrogens with zero attached hydrogens (tertiary/aromatic N) is 3. The molecule has 2 aromatic heterocycles. The molecule has 5 heteroatoms. The molecule has 0 radical (unpaired) electrons. The fourth-order valence-corrected chi connectivity index (χ4v) is 3.18. The molecule has 1 fully saturated rings. The number of Topliss-reactive ketones (excluding diaryl/α,β-unsaturated/α-hetero) is 1. The van der Waals surface area contributed by atoms with Crippen LogP contribution in [0.2, 0.25) is 0 Å². The van der Waals surface area contributed by atoms with Crippen LogP contribution in [-0.4, -0.2) is 28.3 Å². The third-order valence-corrected chi connectivity index (χ3v) is 4.24. The van der Waals surface area contributed by atoms with Gasteiger partial charge in [-0.3, -0.25) is 14.8 Å². The highest BCUT2D eigenvalue weighted by atomic mass is 79.9. The van der Waals surface area contributed by atoms with E-state index in [1.807, 2.05) is 12.1 Å². The van der Waals surface area contributed by atoms with Crippen LogP contribution in [0.15, 0.2) is 29.0 Å². The summed E-state index contributed by atoms with van der Waals surface area (Å²) in [5, 5.41) is 0. The number of fused-ring (bicyclic) bond motifs is 1. The first-order valence-corrected chi connectivity index (χ1v) is 7.63. The number of carbonyl (C=O) groups is 1. The van der Waals surface area contributed by atoms with Crippen molar-refractivity contribution in [2.24, 2.45) is 0 Å². The molecule has 0 aliphatic carbocycles. The van der Waals surface area contributed by atoms with Gasteiger partial charge in [-0.05, 0) is 54.2 Å². The zero-order valence-electron chi connectivity index (χ0n) is 11.3. The van der Waals surface area contributed by atoms with Crippen molar-refractivity contribution in [3.8, 4) is 0 Å². The van der Waals surface area contributed by atoms with E-state index in [-0.39, 0.29) is 11.8 Å². The van der Waals surface area contributed by atoms with Gasteiger partial charge in [0, 0.05) is 23.4 Å². The number of rotatable bonds is 2. The highest BCUT2D eigenvalue weighted by Gasteiger charge is 2.27. The van der Waals surface area contributed by atoms with E-state index in [9.17, 15) is 4.79 Å². The molecule has 0 amide bonds. The highest BCUT2D eigenvalue weighted by Crippen LogP contribution is 2.30. The number of hydrogen-bond donors (Lipinski definition) is 0. The van der Waals surface area contributed by atoms with Gasteiger partial charge in [-0.15, -0.1) is 0 Å². The van der Waals surface area contributed by atoms with Gasteiger partial charge >= 0.3 is 0 Å². The van der Waals surface area contributed by atoms with Crippen molar-refractivity contribution < 1.29 is 4.79 Å². The van der Waals surface area contributed by atoms with Gasteiger partial charge in [0.05, 0.1) is 17.2 Å². The second-order valence-electron chi connectivity index (χ2n) is 5.17. The summed E-state index contributed by atoms with van der Waals surface area (Å²) in [4.78, 5) is 22.9. The summed E-state index contributed by atoms with van der Waals surface area (Å²) >= 11 is 3.42. The predicted octanol–water partition coefficient (Wildman–Crippen LogP) is 3.34. The Balaban J connectivity index is 2.10. The third kappa shape index (κ3) is 2.42. The smallest absolute Gasteiger partial charge is 0.152 e. The molecule has 104 valence electrons. The van der Waals surface area contributed by atoms with Crippen LogP contribution in [0.3, 0.4) is 0 Å². The van der Waals surface area contributed by atoms with Crippen molar-refractivity contribution in [2.75, 3.05) is 11.4 Å². The number of piperidine rings is 1. The van der Waals surface area contributed by atoms with Crippen molar-refractivity contribution >= 4 is 38.4 Å². The molecule has 1 saturated heterocycles. The fourth-order valence-electron chi connectivity index (χ4n) is 2.87. The lowest BCUT2D eigenvalue weighted by Crippen LogP contribution is -2.44. The van der Waals surface area contributed by atoms with E-state index in [4.69, 9.17) is 0 Å². The van der Waals surface area contributed by atoms with Crippen molar-refractivity contribution in [1.29, 1.82) is 0 Å². The predicted molar refractivity (Wildman–Crippen MR) is 82.9 cm³/mol. The maximum Gasteiger partial charge on any atom is 0.152 e. The lowest BCUT2D eigenvalue weighted by atomic mass is 9.98. The van der Waals surface area contributed by atoms with Crippen LogP contribution >= 0.6 is 15.9 Å². The fraction of sp³-hybridized carbons (Fsp3) is 0.400. The van der Waals surface area contributed by atoms with Crippen LogP contribution in [-0.2, 0) is 4.79 Å². The zero-order chi connectivity index (χ0) is 14.1. The Labute approximate surface area is 126 Å². The molecule has 0 aromatic carbocycles. The topological polar surface area (TPSA) is 46.1 Å². The van der Waals surface area contributed by atoms with Gasteiger partial charge < -0.3 is 4.90 Å². The van der Waals surface area contributed by atoms with Crippen molar-refractivity contribution in [3.05, 3.63) is 29.0 Å². The molecule has 1 aliphatic rings. The van der Waals surface area contributed by atoms with Crippen molar-refractivity contribution in [1.82, 2.24) is 9.97 Å². The minimum absolute atomic E-state index is 0.0280. The Bertz CT molecular complexity index is 659. The standard InChI is InChI=1S/C15H16BrN3O/c1-10(20)13-4-2-3-7-19(13)14-5-6-17-12-8-11(16)9-18-15(12)14/h5-6,8-9,13H,2-4,7H2,1H3. The Hall–Kier alpha value is -1.49. The maximum absolute atomic E-state index is 11.9. The van der Waals surface area contributed by atoms with Crippen molar-refractivity contribution in [2.45, 2.75) is 32.2 Å². The summed E-state index contributed by atoms with van der Waals surface area (Å²) in [6, 6.07) is 3.89. The molecule has 3 rings (SSSR count). The monoisotopic (exact) mass is 333 g/mol. The lowest BCUT2D eigenvalue weighted by Gasteiger charge is -2.36. The molecule has 0 N–H and O–H groups in total. The third-order valence-electron chi connectivity index (χ3n) is 3.80. The van der Waals surface area contributed by atoms with Gasteiger partial charge in [-0.1, -0.05) is 0 Å². The van der Waals surface area contributed by atoms with Crippen molar-refractivity contribution in [3.63, 3.8) is 0 Å². The second-order valence-corrected chi connectivity index (χ2v) is 6.08. The molecule has 20 heavy (non-hydrogen) atoms. The molecule has 0 saturated carbocycles. The van der Waals surface area contributed by atoms with Crippen LogP contribution in [0, 0.1) is 0 Å². The molecular formula is C15H16BrN3O. The van der Waals surface area contributed by atoms with Gasteiger partial charge in [-0.25, -0.2) is 0 Å². The Morgan fingerprint density at radius 3 is 3.05 bits per heavy atom. The van der Waals surface area contributed by atoms with E-state index >= 15 is 0 Å². The zero-order valence-corrected chi connectivity index (χ0v) is 12.9. The van der Waals surface area contributed by atoms with Gasteiger partial charge in [0.15, 0.2) is 5.78 Å². The number of halogens is 1. The Kier molecular flexibility index (Phi) is 3.70. The van der Waals surface area contributed by atoms with Crippen LogP contribution in [0.5, 0.6) is 0 Å². The largest absolute Gasteiger partial charge is 0.360 e. The molecule has 1 aliphatic heterocycles. The van der Waals surface area contributed by atoms with Crippen LogP contribution in [0.4, 0.5) is 5.69 Å². The minimum atomic E-state index is -0.0280. The van der Waals surface area contributed by atoms with Crippen LogP contribution < -0.4 is 4.90 Å². The quantitative estimate of drug-likeness (QED) is 0.845. The molecule has 0 spiro atoms. The second kappa shape index (κ2) is 5.48. The first kappa shape index (κ1) is 13.5. The van der Waals surface area contributed by atoms with E-state index in [1.54, 1.807) is 19.3 Å². The molecule has 4 nitrogen and oxygen atoms in total. The molecule has 1 unspecified atom stereocenters. The molecular weight excluding hydrogens is 318 g/mol. The first-order valence-electron chi connectivity index (χ1n) is 6.84. The SMILES string of the molecule is CC(=O)C1CCCCN1c1ccnc2cc(Br)cnc12. The van der Waals surface area contributed by atoms with E-state index in [1.165, 1.54) is 0 Å². The highest BCUT2D eigenvalue weighted by molar-refractivity contribution is 9.10. The van der Waals surface area contributed by atoms with Gasteiger partial charge in [0.25, 0.3) is 0 Å². The summed E-state index contributed by atoms with van der Waals surface area (Å²) in [6.45, 7) is 2.58. The minimum Gasteiger partial charge on any atom is -0.360 e. The number of hydrogen-bond acceptors (Lipinski definition) is 4. The summed E-state index contributed by atoms with van der Waals surface area (Å²) in [7, 11) is 0. The van der Waals surface area contributed by atoms with Gasteiger partial charge in [0.1, 0.15) is 5.52 Å². The normalized spacial score (nSPS) is 19.3. The number of pyridine rings is 2.